The van der Waals surface area contributed by atoms with E-state index >= 15 is 0 Å². The molecule has 0 atom stereocenters. The Morgan fingerprint density at radius 2 is 1.87 bits per heavy atom. The molecule has 1 N–H and O–H groups in total. The quantitative estimate of drug-likeness (QED) is 0.357. The van der Waals surface area contributed by atoms with E-state index in [1.54, 1.807) is 38.2 Å². The van der Waals surface area contributed by atoms with Crippen molar-refractivity contribution >= 4 is 46.1 Å². The number of nitrogens with one attached hydrogen (secondary N) is 1. The highest BCUT2D eigenvalue weighted by Gasteiger charge is 2.33. The Hall–Kier alpha value is -4.14. The van der Waals surface area contributed by atoms with Crippen molar-refractivity contribution in [1.82, 2.24) is 9.47 Å². The molecule has 38 heavy (non-hydrogen) atoms. The molecule has 1 saturated heterocycles. The van der Waals surface area contributed by atoms with Gasteiger partial charge in [-0.1, -0.05) is 42.2 Å². The maximum Gasteiger partial charge on any atom is 0.270 e. The third-order valence-electron chi connectivity index (χ3n) is 6.30. The van der Waals surface area contributed by atoms with Crippen LogP contribution in [0.15, 0.2) is 52.2 Å². The summed E-state index contributed by atoms with van der Waals surface area (Å²) >= 11 is 6.66. The molecule has 3 aromatic rings. The van der Waals surface area contributed by atoms with Gasteiger partial charge in [-0.05, 0) is 54.0 Å². The Morgan fingerprint density at radius 3 is 2.61 bits per heavy atom. The molecule has 0 radical (unpaired) electrons. The molecular weight excluding hydrogens is 527 g/mol. The molecule has 192 valence electrons. The van der Waals surface area contributed by atoms with Gasteiger partial charge in [0.25, 0.3) is 11.5 Å². The summed E-state index contributed by atoms with van der Waals surface area (Å²) in [6.45, 7) is 2.38. The average Bonchev–Trinajstić information content (AvgIpc) is 3.48. The van der Waals surface area contributed by atoms with Crippen LogP contribution in [-0.4, -0.2) is 26.5 Å². The number of ether oxygens (including phenoxy) is 2. The third-order valence-corrected chi connectivity index (χ3v) is 7.68. The molecule has 0 aliphatic carbocycles. The molecule has 11 heteroatoms. The number of thiocarbonyl (C=S) groups is 1. The van der Waals surface area contributed by atoms with E-state index in [-0.39, 0.29) is 30.6 Å². The lowest BCUT2D eigenvalue weighted by atomic mass is 10.0. The number of pyridine rings is 1. The molecule has 2 aliphatic rings. The Balaban J connectivity index is 1.48. The number of amides is 1. The van der Waals surface area contributed by atoms with Crippen LogP contribution in [-0.2, 0) is 24.9 Å². The number of nitriles is 1. The second kappa shape index (κ2) is 10.3. The summed E-state index contributed by atoms with van der Waals surface area (Å²) in [6.07, 6.45) is 1.65. The lowest BCUT2D eigenvalue weighted by Crippen LogP contribution is -2.27. The lowest BCUT2D eigenvalue weighted by molar-refractivity contribution is -0.122. The van der Waals surface area contributed by atoms with Crippen LogP contribution >= 0.6 is 24.0 Å². The van der Waals surface area contributed by atoms with Gasteiger partial charge in [0.05, 0.1) is 11.4 Å². The van der Waals surface area contributed by atoms with Crippen LogP contribution in [0.25, 0.3) is 6.08 Å². The van der Waals surface area contributed by atoms with Crippen LogP contribution in [0.3, 0.4) is 0 Å². The van der Waals surface area contributed by atoms with Gasteiger partial charge in [0, 0.05) is 19.2 Å². The van der Waals surface area contributed by atoms with Crippen LogP contribution < -0.4 is 20.3 Å². The van der Waals surface area contributed by atoms with Gasteiger partial charge in [-0.2, -0.15) is 5.26 Å². The molecule has 3 heterocycles. The molecule has 0 spiro atoms. The minimum atomic E-state index is -0.459. The number of hydrogen-bond donors (Lipinski definition) is 1. The minimum absolute atomic E-state index is 0.0121. The van der Waals surface area contributed by atoms with E-state index in [4.69, 9.17) is 21.7 Å². The van der Waals surface area contributed by atoms with Gasteiger partial charge in [0.15, 0.2) is 11.5 Å². The number of thioether (sulfide) groups is 1. The molecule has 2 aliphatic heterocycles. The SMILES string of the molecule is Cc1c(/C=C2/SC(=S)N(Cc3ccc4c(c3)OCO4)C2=O)c(NCc2ccc(F)cc2)n(C)c(=O)c1C#N. The smallest absolute Gasteiger partial charge is 0.270 e. The van der Waals surface area contributed by atoms with E-state index in [1.165, 1.54) is 21.6 Å². The number of carbonyl (C=O) groups excluding carboxylic acids is 1. The Labute approximate surface area is 227 Å². The largest absolute Gasteiger partial charge is 0.454 e. The van der Waals surface area contributed by atoms with Crippen molar-refractivity contribution in [3.05, 3.63) is 91.4 Å². The summed E-state index contributed by atoms with van der Waals surface area (Å²) in [5, 5.41) is 12.9. The first kappa shape index (κ1) is 25.5. The van der Waals surface area contributed by atoms with Crippen LogP contribution in [0.2, 0.25) is 0 Å². The van der Waals surface area contributed by atoms with Crippen molar-refractivity contribution in [2.24, 2.45) is 7.05 Å². The molecule has 0 saturated carbocycles. The van der Waals surface area contributed by atoms with Gasteiger partial charge < -0.3 is 14.8 Å². The van der Waals surface area contributed by atoms with Gasteiger partial charge in [0.2, 0.25) is 6.79 Å². The Bertz CT molecular complexity index is 1610. The average molecular weight is 549 g/mol. The van der Waals surface area contributed by atoms with E-state index in [1.807, 2.05) is 18.2 Å². The summed E-state index contributed by atoms with van der Waals surface area (Å²) < 4.78 is 25.8. The summed E-state index contributed by atoms with van der Waals surface area (Å²) in [5.74, 6) is 1.06. The van der Waals surface area contributed by atoms with Crippen LogP contribution in [0.1, 0.15) is 27.8 Å². The second-order valence-corrected chi connectivity index (χ2v) is 10.3. The molecule has 0 bridgehead atoms. The number of rotatable bonds is 6. The number of carbonyl (C=O) groups is 1. The molecule has 0 unspecified atom stereocenters. The van der Waals surface area contributed by atoms with Crippen molar-refractivity contribution in [3.63, 3.8) is 0 Å². The van der Waals surface area contributed by atoms with Crippen molar-refractivity contribution in [2.75, 3.05) is 12.1 Å². The highest BCUT2D eigenvalue weighted by Crippen LogP contribution is 2.37. The first-order valence-electron chi connectivity index (χ1n) is 11.5. The summed E-state index contributed by atoms with van der Waals surface area (Å²) in [5.41, 5.74) is 2.12. The fourth-order valence-corrected chi connectivity index (χ4v) is 5.46. The number of anilines is 1. The summed E-state index contributed by atoms with van der Waals surface area (Å²) in [7, 11) is 1.55. The van der Waals surface area contributed by atoms with Crippen LogP contribution in [0, 0.1) is 24.1 Å². The number of fused-ring (bicyclic) bond motifs is 1. The zero-order valence-corrected chi connectivity index (χ0v) is 22.0. The maximum absolute atomic E-state index is 13.4. The van der Waals surface area contributed by atoms with Gasteiger partial charge in [-0.15, -0.1) is 0 Å². The number of aromatic nitrogens is 1. The topological polar surface area (TPSA) is 96.6 Å². The maximum atomic E-state index is 13.4. The Morgan fingerprint density at radius 1 is 1.16 bits per heavy atom. The number of nitrogens with zero attached hydrogens (tertiary/aromatic N) is 3. The molecule has 1 fully saturated rings. The molecule has 5 rings (SSSR count). The number of halogens is 1. The van der Waals surface area contributed by atoms with Gasteiger partial charge in [0.1, 0.15) is 27.6 Å². The van der Waals surface area contributed by atoms with E-state index in [0.717, 1.165) is 22.9 Å². The Kier molecular flexibility index (Phi) is 6.93. The normalized spacial score (nSPS) is 15.3. The van der Waals surface area contributed by atoms with Crippen LogP contribution in [0.4, 0.5) is 10.2 Å². The van der Waals surface area contributed by atoms with Crippen molar-refractivity contribution in [3.8, 4) is 17.6 Å². The molecule has 1 aromatic heterocycles. The van der Waals surface area contributed by atoms with E-state index in [0.29, 0.717) is 44.2 Å². The van der Waals surface area contributed by atoms with Gasteiger partial charge >= 0.3 is 0 Å². The van der Waals surface area contributed by atoms with Crippen molar-refractivity contribution in [1.29, 1.82) is 5.26 Å². The third kappa shape index (κ3) is 4.76. The van der Waals surface area contributed by atoms with Crippen molar-refractivity contribution < 1.29 is 18.7 Å². The van der Waals surface area contributed by atoms with E-state index < -0.39 is 5.56 Å². The molecule has 1 amide bonds. The fourth-order valence-electron chi connectivity index (χ4n) is 4.22. The van der Waals surface area contributed by atoms with Gasteiger partial charge in [-0.3, -0.25) is 19.1 Å². The van der Waals surface area contributed by atoms with E-state index in [9.17, 15) is 19.2 Å². The summed E-state index contributed by atoms with van der Waals surface area (Å²) in [4.78, 5) is 28.1. The summed E-state index contributed by atoms with van der Waals surface area (Å²) in [6, 6.07) is 13.4. The van der Waals surface area contributed by atoms with Crippen LogP contribution in [0.5, 0.6) is 11.5 Å². The highest BCUT2D eigenvalue weighted by atomic mass is 32.2. The second-order valence-electron chi connectivity index (χ2n) is 8.67. The first-order valence-corrected chi connectivity index (χ1v) is 12.7. The zero-order valence-electron chi connectivity index (χ0n) is 20.4. The minimum Gasteiger partial charge on any atom is -0.454 e. The molecule has 2 aromatic carbocycles. The lowest BCUT2D eigenvalue weighted by Gasteiger charge is -2.18. The molecule has 8 nitrogen and oxygen atoms in total. The highest BCUT2D eigenvalue weighted by molar-refractivity contribution is 8.26. The first-order chi connectivity index (χ1) is 18.3. The zero-order chi connectivity index (χ0) is 27.0. The predicted octanol–water partition coefficient (Wildman–Crippen LogP) is 4.45. The van der Waals surface area contributed by atoms with Gasteiger partial charge in [-0.25, -0.2) is 4.39 Å². The standard InChI is InChI=1S/C27H21FN4O4S2/c1-15-19(24(31(2)25(33)20(15)11-29)30-12-16-3-6-18(28)7-4-16)10-23-26(34)32(27(37)38-23)13-17-5-8-21-22(9-17)36-14-35-21/h3-10,30H,12-14H2,1-2H3/b23-10+. The molecular formula is C27H21FN4O4S2. The number of benzene rings is 2. The number of hydrogen-bond acceptors (Lipinski definition) is 8. The monoisotopic (exact) mass is 548 g/mol. The predicted molar refractivity (Wildman–Crippen MR) is 146 cm³/mol. The fraction of sp³-hybridized carbons (Fsp3) is 0.185. The van der Waals surface area contributed by atoms with E-state index in [2.05, 4.69) is 5.32 Å². The van der Waals surface area contributed by atoms with Crippen molar-refractivity contribution in [2.45, 2.75) is 20.0 Å².